The summed E-state index contributed by atoms with van der Waals surface area (Å²) in [6.07, 6.45) is 1.76. The van der Waals surface area contributed by atoms with E-state index < -0.39 is 0 Å². The Morgan fingerprint density at radius 3 is 2.82 bits per heavy atom. The van der Waals surface area contributed by atoms with E-state index >= 15 is 0 Å². The molecule has 1 N–H and O–H groups in total. The molecule has 0 aliphatic heterocycles. The van der Waals surface area contributed by atoms with Gasteiger partial charge in [0.2, 0.25) is 5.89 Å². The molecule has 0 unspecified atom stereocenters. The van der Waals surface area contributed by atoms with Crippen molar-refractivity contribution >= 4 is 28.1 Å². The lowest BCUT2D eigenvalue weighted by atomic mass is 10.1. The van der Waals surface area contributed by atoms with Crippen LogP contribution in [0.3, 0.4) is 0 Å². The molecule has 110 valence electrons. The Hall–Kier alpha value is -2.89. The summed E-state index contributed by atoms with van der Waals surface area (Å²) in [6.45, 7) is 2.04. The molecule has 0 amide bonds. The van der Waals surface area contributed by atoms with Gasteiger partial charge in [0.15, 0.2) is 11.3 Å². The lowest BCUT2D eigenvalue weighted by molar-refractivity contribution is 0.608. The number of aromatic nitrogens is 4. The van der Waals surface area contributed by atoms with Crippen LogP contribution in [0, 0.1) is 6.92 Å². The van der Waals surface area contributed by atoms with Gasteiger partial charge in [-0.3, -0.25) is 0 Å². The monoisotopic (exact) mass is 293 g/mol. The second kappa shape index (κ2) is 4.56. The molecule has 0 radical (unpaired) electrons. The smallest absolute Gasteiger partial charge is 0.251 e. The predicted molar refractivity (Wildman–Crippen MR) is 85.8 cm³/mol. The zero-order valence-corrected chi connectivity index (χ0v) is 12.6. The number of nitrogens with one attached hydrogen (secondary N) is 1. The summed E-state index contributed by atoms with van der Waals surface area (Å²) in [4.78, 5) is 13.5. The average Bonchev–Trinajstić information content (AvgIpc) is 3.10. The molecule has 0 atom stereocenters. The molecule has 3 aromatic heterocycles. The van der Waals surface area contributed by atoms with Crippen LogP contribution in [0.1, 0.15) is 5.56 Å². The average molecular weight is 293 g/mol. The first kappa shape index (κ1) is 12.8. The molecule has 0 aliphatic carbocycles. The maximum atomic E-state index is 5.88. The summed E-state index contributed by atoms with van der Waals surface area (Å²) in [6, 6.07) is 8.07. The Bertz CT molecular complexity index is 999. The summed E-state index contributed by atoms with van der Waals surface area (Å²) in [5, 5.41) is 3.06. The molecule has 0 fully saturated rings. The molecule has 3 heterocycles. The molecule has 1 aromatic carbocycles. The minimum Gasteiger partial charge on any atom is -0.418 e. The van der Waals surface area contributed by atoms with Crippen molar-refractivity contribution in [2.24, 2.45) is 7.05 Å². The van der Waals surface area contributed by atoms with Crippen molar-refractivity contribution in [2.45, 2.75) is 6.92 Å². The van der Waals surface area contributed by atoms with E-state index in [1.807, 2.05) is 49.9 Å². The maximum absolute atomic E-state index is 5.88. The zero-order valence-electron chi connectivity index (χ0n) is 12.6. The fraction of sp³-hybridized carbons (Fsp3) is 0.188. The number of oxazole rings is 1. The Morgan fingerprint density at radius 2 is 2.05 bits per heavy atom. The second-order valence-corrected chi connectivity index (χ2v) is 5.31. The molecule has 0 spiro atoms. The zero-order chi connectivity index (χ0) is 15.3. The van der Waals surface area contributed by atoms with Crippen molar-refractivity contribution in [3.05, 3.63) is 36.2 Å². The quantitative estimate of drug-likeness (QED) is 0.615. The van der Waals surface area contributed by atoms with Gasteiger partial charge in [-0.2, -0.15) is 4.98 Å². The number of aryl methyl sites for hydroxylation is 2. The molecular weight excluding hydrogens is 278 g/mol. The van der Waals surface area contributed by atoms with Gasteiger partial charge in [0, 0.05) is 19.7 Å². The highest BCUT2D eigenvalue weighted by molar-refractivity contribution is 6.03. The molecule has 0 bridgehead atoms. The van der Waals surface area contributed by atoms with Gasteiger partial charge >= 0.3 is 0 Å². The number of anilines is 1. The van der Waals surface area contributed by atoms with Gasteiger partial charge in [-0.25, -0.2) is 9.97 Å². The minimum absolute atomic E-state index is 0.511. The standard InChI is InChI=1S/C16H15N5O/c1-9-5-4-6-10(7-9)15-19-12-13-11(18-8-21(13)3)14(17-2)20-16(12)22-15/h4-8H,1-3H3,(H,17,20). The lowest BCUT2D eigenvalue weighted by Crippen LogP contribution is -1.95. The van der Waals surface area contributed by atoms with E-state index in [4.69, 9.17) is 4.42 Å². The Morgan fingerprint density at radius 1 is 1.18 bits per heavy atom. The third-order valence-electron chi connectivity index (χ3n) is 3.71. The van der Waals surface area contributed by atoms with Gasteiger partial charge in [0.1, 0.15) is 11.0 Å². The third kappa shape index (κ3) is 1.77. The second-order valence-electron chi connectivity index (χ2n) is 5.31. The van der Waals surface area contributed by atoms with E-state index in [1.54, 1.807) is 6.33 Å². The number of fused-ring (bicyclic) bond motifs is 3. The lowest BCUT2D eigenvalue weighted by Gasteiger charge is -2.00. The largest absolute Gasteiger partial charge is 0.418 e. The van der Waals surface area contributed by atoms with Gasteiger partial charge in [-0.05, 0) is 19.1 Å². The van der Waals surface area contributed by atoms with Crippen molar-refractivity contribution in [2.75, 3.05) is 12.4 Å². The van der Waals surface area contributed by atoms with Crippen molar-refractivity contribution in [1.29, 1.82) is 0 Å². The van der Waals surface area contributed by atoms with Crippen LogP contribution in [0.25, 0.3) is 33.7 Å². The molecular formula is C16H15N5O. The van der Waals surface area contributed by atoms with Crippen LogP contribution >= 0.6 is 0 Å². The molecule has 6 nitrogen and oxygen atoms in total. The van der Waals surface area contributed by atoms with Crippen LogP contribution in [-0.4, -0.2) is 26.6 Å². The number of imidazole rings is 1. The number of hydrogen-bond donors (Lipinski definition) is 1. The summed E-state index contributed by atoms with van der Waals surface area (Å²) in [7, 11) is 3.76. The van der Waals surface area contributed by atoms with Gasteiger partial charge in [-0.15, -0.1) is 0 Å². The molecule has 22 heavy (non-hydrogen) atoms. The van der Waals surface area contributed by atoms with Gasteiger partial charge < -0.3 is 14.3 Å². The Balaban J connectivity index is 2.05. The van der Waals surface area contributed by atoms with E-state index in [2.05, 4.69) is 20.3 Å². The number of nitrogens with zero attached hydrogens (tertiary/aromatic N) is 4. The summed E-state index contributed by atoms with van der Waals surface area (Å²) in [5.74, 6) is 1.26. The number of pyridine rings is 1. The highest BCUT2D eigenvalue weighted by Crippen LogP contribution is 2.31. The topological polar surface area (TPSA) is 68.8 Å². The van der Waals surface area contributed by atoms with Crippen molar-refractivity contribution < 1.29 is 4.42 Å². The first-order valence-electron chi connectivity index (χ1n) is 7.03. The van der Waals surface area contributed by atoms with Crippen LogP contribution in [0.5, 0.6) is 0 Å². The maximum Gasteiger partial charge on any atom is 0.251 e. The van der Waals surface area contributed by atoms with Gasteiger partial charge in [0.05, 0.1) is 6.33 Å². The van der Waals surface area contributed by atoms with Crippen molar-refractivity contribution in [1.82, 2.24) is 19.5 Å². The number of benzene rings is 1. The van der Waals surface area contributed by atoms with E-state index in [0.29, 0.717) is 17.4 Å². The molecule has 4 rings (SSSR count). The summed E-state index contributed by atoms with van der Waals surface area (Å²) in [5.41, 5.74) is 5.05. The minimum atomic E-state index is 0.511. The SMILES string of the molecule is CNc1nc2oc(-c3cccc(C)c3)nc2c2c1ncn2C. The van der Waals surface area contributed by atoms with Crippen molar-refractivity contribution in [3.8, 4) is 11.5 Å². The van der Waals surface area contributed by atoms with Crippen LogP contribution in [0.2, 0.25) is 0 Å². The van der Waals surface area contributed by atoms with E-state index in [-0.39, 0.29) is 0 Å². The van der Waals surface area contributed by atoms with Gasteiger partial charge in [-0.1, -0.05) is 17.7 Å². The highest BCUT2D eigenvalue weighted by atomic mass is 16.4. The normalized spacial score (nSPS) is 11.4. The van der Waals surface area contributed by atoms with E-state index in [1.165, 1.54) is 0 Å². The predicted octanol–water partition coefficient (Wildman–Crippen LogP) is 3.13. The molecule has 0 aliphatic rings. The fourth-order valence-electron chi connectivity index (χ4n) is 2.66. The van der Waals surface area contributed by atoms with Crippen LogP contribution in [-0.2, 0) is 7.05 Å². The third-order valence-corrected chi connectivity index (χ3v) is 3.71. The van der Waals surface area contributed by atoms with E-state index in [0.717, 1.165) is 27.7 Å². The first-order chi connectivity index (χ1) is 10.7. The Labute approximate surface area is 126 Å². The molecule has 0 saturated carbocycles. The molecule has 4 aromatic rings. The summed E-state index contributed by atoms with van der Waals surface area (Å²) >= 11 is 0. The summed E-state index contributed by atoms with van der Waals surface area (Å²) < 4.78 is 7.81. The number of rotatable bonds is 2. The fourth-order valence-corrected chi connectivity index (χ4v) is 2.66. The van der Waals surface area contributed by atoms with Crippen LogP contribution in [0.4, 0.5) is 5.82 Å². The number of hydrogen-bond acceptors (Lipinski definition) is 5. The molecule has 6 heteroatoms. The Kier molecular flexibility index (Phi) is 2.66. The van der Waals surface area contributed by atoms with Crippen molar-refractivity contribution in [3.63, 3.8) is 0 Å². The van der Waals surface area contributed by atoms with Crippen LogP contribution < -0.4 is 5.32 Å². The van der Waals surface area contributed by atoms with Crippen LogP contribution in [0.15, 0.2) is 35.0 Å². The highest BCUT2D eigenvalue weighted by Gasteiger charge is 2.18. The first-order valence-corrected chi connectivity index (χ1v) is 7.03. The molecule has 0 saturated heterocycles. The van der Waals surface area contributed by atoms with Gasteiger partial charge in [0.25, 0.3) is 5.71 Å². The van der Waals surface area contributed by atoms with E-state index in [9.17, 15) is 0 Å².